The van der Waals surface area contributed by atoms with Crippen LogP contribution in [0.25, 0.3) is 0 Å². The first-order valence-corrected chi connectivity index (χ1v) is 6.00. The van der Waals surface area contributed by atoms with Gasteiger partial charge in [0.05, 0.1) is 5.92 Å². The van der Waals surface area contributed by atoms with Crippen molar-refractivity contribution in [1.29, 1.82) is 5.41 Å². The van der Waals surface area contributed by atoms with E-state index in [0.717, 1.165) is 12.8 Å². The fourth-order valence-electron chi connectivity index (χ4n) is 1.89. The van der Waals surface area contributed by atoms with Crippen LogP contribution in [0.4, 0.5) is 0 Å². The van der Waals surface area contributed by atoms with Gasteiger partial charge in [-0.3, -0.25) is 4.79 Å². The van der Waals surface area contributed by atoms with Gasteiger partial charge in [0.15, 0.2) is 0 Å². The molecule has 0 aromatic rings. The number of hydrogen-bond donors (Lipinski definition) is 1. The minimum atomic E-state index is -0.446. The molecule has 1 N–H and O–H groups in total. The van der Waals surface area contributed by atoms with Crippen molar-refractivity contribution in [2.45, 2.75) is 60.0 Å². The number of rotatable bonds is 5. The van der Waals surface area contributed by atoms with Crippen molar-refractivity contribution < 1.29 is 9.53 Å². The molecule has 0 saturated carbocycles. The molecule has 0 amide bonds. The number of ether oxygens (including phenoxy) is 1. The summed E-state index contributed by atoms with van der Waals surface area (Å²) in [6.07, 6.45) is 1.54. The molecule has 0 fully saturated rings. The lowest BCUT2D eigenvalue weighted by molar-refractivity contribution is -0.161. The Hall–Kier alpha value is -0.860. The van der Waals surface area contributed by atoms with E-state index in [0.29, 0.717) is 5.71 Å². The highest BCUT2D eigenvalue weighted by Gasteiger charge is 2.30. The van der Waals surface area contributed by atoms with E-state index in [-0.39, 0.29) is 17.8 Å². The van der Waals surface area contributed by atoms with E-state index in [2.05, 4.69) is 0 Å². The Morgan fingerprint density at radius 3 is 1.88 bits per heavy atom. The molecule has 0 aliphatic rings. The van der Waals surface area contributed by atoms with E-state index in [9.17, 15) is 4.79 Å². The summed E-state index contributed by atoms with van der Waals surface area (Å²) in [7, 11) is 0. The lowest BCUT2D eigenvalue weighted by Crippen LogP contribution is -2.34. The summed E-state index contributed by atoms with van der Waals surface area (Å²) in [5, 5.41) is 7.70. The molecule has 0 rings (SSSR count). The molecule has 0 spiro atoms. The summed E-state index contributed by atoms with van der Waals surface area (Å²) in [5.74, 6) is -0.338. The van der Waals surface area contributed by atoms with Crippen LogP contribution < -0.4 is 0 Å². The van der Waals surface area contributed by atoms with Gasteiger partial charge in [-0.05, 0) is 40.5 Å². The van der Waals surface area contributed by atoms with Crippen molar-refractivity contribution in [1.82, 2.24) is 0 Å². The second-order valence-corrected chi connectivity index (χ2v) is 5.25. The van der Waals surface area contributed by atoms with Crippen LogP contribution in [-0.4, -0.2) is 17.3 Å². The van der Waals surface area contributed by atoms with Crippen LogP contribution >= 0.6 is 0 Å². The lowest BCUT2D eigenvalue weighted by atomic mass is 9.84. The summed E-state index contributed by atoms with van der Waals surface area (Å²) in [6, 6.07) is 0. The predicted molar refractivity (Wildman–Crippen MR) is 66.8 cm³/mol. The first-order chi connectivity index (χ1) is 7.22. The van der Waals surface area contributed by atoms with Crippen molar-refractivity contribution in [3.63, 3.8) is 0 Å². The quantitative estimate of drug-likeness (QED) is 0.578. The van der Waals surface area contributed by atoms with E-state index in [1.807, 2.05) is 34.6 Å². The summed E-state index contributed by atoms with van der Waals surface area (Å²) in [6.45, 7) is 11.4. The molecule has 0 radical (unpaired) electrons. The molecule has 0 bridgehead atoms. The number of carbonyl (C=O) groups excluding carboxylic acids is 1. The minimum Gasteiger partial charge on any atom is -0.460 e. The largest absolute Gasteiger partial charge is 0.460 e. The summed E-state index contributed by atoms with van der Waals surface area (Å²) in [5.41, 5.74) is 0.124. The van der Waals surface area contributed by atoms with Gasteiger partial charge >= 0.3 is 5.97 Å². The van der Waals surface area contributed by atoms with Gasteiger partial charge < -0.3 is 10.1 Å². The molecule has 16 heavy (non-hydrogen) atoms. The highest BCUT2D eigenvalue weighted by molar-refractivity contribution is 5.87. The molecular formula is C13H25NO2. The van der Waals surface area contributed by atoms with E-state index < -0.39 is 5.60 Å². The molecule has 0 saturated heterocycles. The van der Waals surface area contributed by atoms with Crippen LogP contribution in [0, 0.1) is 17.2 Å². The molecule has 0 aromatic carbocycles. The van der Waals surface area contributed by atoms with Gasteiger partial charge in [0.2, 0.25) is 0 Å². The maximum absolute atomic E-state index is 12.0. The van der Waals surface area contributed by atoms with Gasteiger partial charge in [0.1, 0.15) is 5.60 Å². The van der Waals surface area contributed by atoms with Crippen LogP contribution in [0.5, 0.6) is 0 Å². The van der Waals surface area contributed by atoms with Crippen molar-refractivity contribution in [3.05, 3.63) is 0 Å². The maximum Gasteiger partial charge on any atom is 0.310 e. The zero-order valence-electron chi connectivity index (χ0n) is 11.4. The maximum atomic E-state index is 12.0. The Balaban J connectivity index is 4.71. The van der Waals surface area contributed by atoms with E-state index in [1.54, 1.807) is 6.92 Å². The summed E-state index contributed by atoms with van der Waals surface area (Å²) in [4.78, 5) is 12.0. The first kappa shape index (κ1) is 15.1. The third-order valence-electron chi connectivity index (χ3n) is 2.63. The fraction of sp³-hybridized carbons (Fsp3) is 0.846. The average Bonchev–Trinajstić information content (AvgIpc) is 2.09. The van der Waals surface area contributed by atoms with Crippen LogP contribution in [-0.2, 0) is 9.53 Å². The molecule has 0 heterocycles. The number of hydrogen-bond acceptors (Lipinski definition) is 3. The SMILES string of the molecule is CCC(C(=O)OC(C)(C)C)[C@@H](CC)C(C)=N. The van der Waals surface area contributed by atoms with Gasteiger partial charge in [-0.2, -0.15) is 0 Å². The third kappa shape index (κ3) is 4.77. The van der Waals surface area contributed by atoms with E-state index in [4.69, 9.17) is 10.1 Å². The molecule has 94 valence electrons. The number of carbonyl (C=O) groups is 1. The van der Waals surface area contributed by atoms with Crippen LogP contribution in [0.3, 0.4) is 0 Å². The Labute approximate surface area is 99.1 Å². The van der Waals surface area contributed by atoms with Crippen LogP contribution in [0.1, 0.15) is 54.4 Å². The Bertz CT molecular complexity index is 253. The van der Waals surface area contributed by atoms with E-state index >= 15 is 0 Å². The second kappa shape index (κ2) is 6.02. The normalized spacial score (nSPS) is 15.4. The molecule has 3 nitrogen and oxygen atoms in total. The highest BCUT2D eigenvalue weighted by atomic mass is 16.6. The summed E-state index contributed by atoms with van der Waals surface area (Å²) < 4.78 is 5.39. The molecular weight excluding hydrogens is 202 g/mol. The second-order valence-electron chi connectivity index (χ2n) is 5.25. The lowest BCUT2D eigenvalue weighted by Gasteiger charge is -2.27. The van der Waals surface area contributed by atoms with Gasteiger partial charge in [-0.1, -0.05) is 13.8 Å². The predicted octanol–water partition coefficient (Wildman–Crippen LogP) is 3.42. The van der Waals surface area contributed by atoms with Gasteiger partial charge in [-0.25, -0.2) is 0 Å². The highest BCUT2D eigenvalue weighted by Crippen LogP contribution is 2.24. The number of esters is 1. The third-order valence-corrected chi connectivity index (χ3v) is 2.63. The Kier molecular flexibility index (Phi) is 5.70. The topological polar surface area (TPSA) is 50.2 Å². The zero-order chi connectivity index (χ0) is 12.9. The van der Waals surface area contributed by atoms with Crippen LogP contribution in [0.15, 0.2) is 0 Å². The van der Waals surface area contributed by atoms with Crippen molar-refractivity contribution in [3.8, 4) is 0 Å². The molecule has 0 aliphatic heterocycles. The average molecular weight is 227 g/mol. The summed E-state index contributed by atoms with van der Waals surface area (Å²) >= 11 is 0. The minimum absolute atomic E-state index is 0.0137. The van der Waals surface area contributed by atoms with Gasteiger partial charge in [0.25, 0.3) is 0 Å². The van der Waals surface area contributed by atoms with Gasteiger partial charge in [-0.15, -0.1) is 0 Å². The van der Waals surface area contributed by atoms with Gasteiger partial charge in [0, 0.05) is 11.6 Å². The Morgan fingerprint density at radius 2 is 1.62 bits per heavy atom. The fourth-order valence-corrected chi connectivity index (χ4v) is 1.89. The zero-order valence-corrected chi connectivity index (χ0v) is 11.4. The van der Waals surface area contributed by atoms with Crippen LogP contribution in [0.2, 0.25) is 0 Å². The standard InChI is InChI=1S/C13H25NO2/c1-7-10(9(3)14)11(8-2)12(15)16-13(4,5)6/h10-11,14H,7-8H2,1-6H3/t10-,11?/m0/s1. The monoisotopic (exact) mass is 227 g/mol. The van der Waals surface area contributed by atoms with Crippen molar-refractivity contribution >= 4 is 11.7 Å². The smallest absolute Gasteiger partial charge is 0.310 e. The molecule has 0 aromatic heterocycles. The molecule has 3 heteroatoms. The Morgan fingerprint density at radius 1 is 1.19 bits per heavy atom. The molecule has 0 aliphatic carbocycles. The number of nitrogens with one attached hydrogen (secondary N) is 1. The van der Waals surface area contributed by atoms with E-state index in [1.165, 1.54) is 0 Å². The first-order valence-electron chi connectivity index (χ1n) is 6.00. The van der Waals surface area contributed by atoms with Crippen molar-refractivity contribution in [2.24, 2.45) is 11.8 Å². The molecule has 2 atom stereocenters. The molecule has 1 unspecified atom stereocenters. The van der Waals surface area contributed by atoms with Crippen molar-refractivity contribution in [2.75, 3.05) is 0 Å².